The zero-order chi connectivity index (χ0) is 82.5. The molecule has 0 aliphatic carbocycles. The number of rotatable bonds is 50. The van der Waals surface area contributed by atoms with Crippen LogP contribution in [0.3, 0.4) is 0 Å². The molecule has 31 N–H and O–H groups in total. The van der Waals surface area contributed by atoms with Gasteiger partial charge in [0.2, 0.25) is 65.0 Å². The van der Waals surface area contributed by atoms with Crippen molar-refractivity contribution in [3.05, 3.63) is 36.0 Å². The van der Waals surface area contributed by atoms with Crippen molar-refractivity contribution in [3.8, 4) is 0 Å². The molecule has 0 fully saturated rings. The number of nitrogens with two attached hydrogens (primary N) is 9. The van der Waals surface area contributed by atoms with Gasteiger partial charge in [-0.05, 0) is 112 Å². The number of aliphatic imine (C=N–C) groups is 4. The number of amides is 11. The van der Waals surface area contributed by atoms with E-state index in [0.29, 0.717) is 29.3 Å². The van der Waals surface area contributed by atoms with Crippen LogP contribution in [0.4, 0.5) is 0 Å². The van der Waals surface area contributed by atoms with Gasteiger partial charge < -0.3 is 120 Å². The lowest BCUT2D eigenvalue weighted by Crippen LogP contribution is -2.62. The number of H-pyrrole nitrogens is 1. The minimum absolute atomic E-state index is 0.00876. The van der Waals surface area contributed by atoms with Gasteiger partial charge in [0.15, 0.2) is 23.8 Å². The number of hydrogen-bond donors (Lipinski definition) is 22. The first-order chi connectivity index (χ1) is 51.1. The largest absolute Gasteiger partial charge is 0.480 e. The lowest BCUT2D eigenvalue weighted by Gasteiger charge is -2.31. The fraction of sp³-hybridized carbons (Fsp3) is 0.662. The van der Waals surface area contributed by atoms with Gasteiger partial charge in [-0.1, -0.05) is 114 Å². The van der Waals surface area contributed by atoms with Gasteiger partial charge in [0.25, 0.3) is 0 Å². The van der Waals surface area contributed by atoms with E-state index < -0.39 is 167 Å². The molecule has 1 aromatic heterocycles. The van der Waals surface area contributed by atoms with Crippen molar-refractivity contribution in [2.24, 2.45) is 107 Å². The fourth-order valence-electron chi connectivity index (χ4n) is 11.3. The third-order valence-electron chi connectivity index (χ3n) is 18.2. The minimum Gasteiger partial charge on any atom is -0.480 e. The first-order valence-corrected chi connectivity index (χ1v) is 37.2. The van der Waals surface area contributed by atoms with Crippen molar-refractivity contribution in [2.75, 3.05) is 26.2 Å². The van der Waals surface area contributed by atoms with Gasteiger partial charge in [0, 0.05) is 49.7 Å². The molecular formula is C71H125N25O13. The summed E-state index contributed by atoms with van der Waals surface area (Å²) in [4.78, 5) is 190. The second-order valence-electron chi connectivity index (χ2n) is 28.9. The van der Waals surface area contributed by atoms with Gasteiger partial charge in [-0.15, -0.1) is 0 Å². The molecule has 0 unspecified atom stereocenters. The third-order valence-corrected chi connectivity index (χ3v) is 18.2. The number of fused-ring (bicyclic) bond motifs is 1. The molecule has 0 aliphatic rings. The summed E-state index contributed by atoms with van der Waals surface area (Å²) in [5.74, 6) is -14.1. The Morgan fingerprint density at radius 1 is 0.394 bits per heavy atom. The lowest BCUT2D eigenvalue weighted by atomic mass is 9.95. The predicted octanol–water partition coefficient (Wildman–Crippen LogP) is -3.20. The van der Waals surface area contributed by atoms with Crippen molar-refractivity contribution >= 4 is 106 Å². The van der Waals surface area contributed by atoms with E-state index >= 15 is 4.79 Å². The number of aromatic nitrogens is 1. The molecule has 14 atom stereocenters. The fourth-order valence-corrected chi connectivity index (χ4v) is 11.3. The first kappa shape index (κ1) is 94.5. The Morgan fingerprint density at radius 3 is 1.08 bits per heavy atom. The highest BCUT2D eigenvalue weighted by Gasteiger charge is 2.39. The van der Waals surface area contributed by atoms with Crippen molar-refractivity contribution < 1.29 is 62.6 Å². The van der Waals surface area contributed by atoms with Crippen LogP contribution in [0.2, 0.25) is 0 Å². The topological polar surface area (TPSA) is 657 Å². The number of carboxylic acid groups (broad SMARTS) is 1. The zero-order valence-electron chi connectivity index (χ0n) is 65.4. The van der Waals surface area contributed by atoms with E-state index in [0.717, 1.165) is 0 Å². The number of aromatic amines is 1. The minimum atomic E-state index is -1.46. The second-order valence-corrected chi connectivity index (χ2v) is 28.9. The Hall–Kier alpha value is -10.6. The highest BCUT2D eigenvalue weighted by Crippen LogP contribution is 2.21. The molecule has 1 heterocycles. The smallest absolute Gasteiger partial charge is 0.325 e. The zero-order valence-corrected chi connectivity index (χ0v) is 65.4. The van der Waals surface area contributed by atoms with Crippen molar-refractivity contribution in [3.63, 3.8) is 0 Å². The monoisotopic (exact) mass is 1540 g/mol. The third kappa shape index (κ3) is 34.1. The van der Waals surface area contributed by atoms with Crippen LogP contribution in [0.25, 0.3) is 10.9 Å². The average molecular weight is 1540 g/mol. The molecule has 38 heteroatoms. The Morgan fingerprint density at radius 2 is 0.706 bits per heavy atom. The van der Waals surface area contributed by atoms with Crippen molar-refractivity contribution in [1.82, 2.24) is 63.5 Å². The van der Waals surface area contributed by atoms with E-state index in [-0.39, 0.29) is 126 Å². The van der Waals surface area contributed by atoms with E-state index in [1.54, 1.807) is 93.6 Å². The number of carbonyl (C=O) groups is 12. The van der Waals surface area contributed by atoms with Crippen LogP contribution in [-0.4, -0.2) is 204 Å². The Balaban J connectivity index is 2.68. The molecule has 0 spiro atoms. The van der Waals surface area contributed by atoms with Gasteiger partial charge in [-0.3, -0.25) is 77.5 Å². The first-order valence-electron chi connectivity index (χ1n) is 37.2. The Labute approximate surface area is 638 Å². The van der Waals surface area contributed by atoms with Gasteiger partial charge in [-0.25, -0.2) is 0 Å². The van der Waals surface area contributed by atoms with Crippen LogP contribution in [0.1, 0.15) is 166 Å². The molecule has 0 saturated heterocycles. The molecule has 2 rings (SSSR count). The highest BCUT2D eigenvalue weighted by atomic mass is 16.4. The van der Waals surface area contributed by atoms with E-state index in [2.05, 4.69) is 83.4 Å². The van der Waals surface area contributed by atoms with Gasteiger partial charge in [-0.2, -0.15) is 0 Å². The summed E-state index contributed by atoms with van der Waals surface area (Å²) in [6.07, 6.45) is 2.63. The molecule has 0 saturated carbocycles. The Kier molecular flexibility index (Phi) is 41.6. The molecule has 1 aromatic carbocycles. The lowest BCUT2D eigenvalue weighted by molar-refractivity contribution is -0.142. The predicted molar refractivity (Wildman–Crippen MR) is 417 cm³/mol. The van der Waals surface area contributed by atoms with Crippen LogP contribution in [-0.2, 0) is 64.0 Å². The number of carbonyl (C=O) groups excluding carboxylic acids is 11. The summed E-state index contributed by atoms with van der Waals surface area (Å²) in [7, 11) is 0. The van der Waals surface area contributed by atoms with Gasteiger partial charge in [0.1, 0.15) is 66.5 Å². The molecule has 11 amide bonds. The molecular weight excluding hydrogens is 1410 g/mol. The molecule has 2 aromatic rings. The summed E-state index contributed by atoms with van der Waals surface area (Å²) in [6.45, 7) is 22.0. The average Bonchev–Trinajstić information content (AvgIpc) is 1.74. The molecule has 612 valence electrons. The summed E-state index contributed by atoms with van der Waals surface area (Å²) in [5.41, 5.74) is 52.0. The van der Waals surface area contributed by atoms with E-state index in [1.165, 1.54) is 6.92 Å². The maximum Gasteiger partial charge on any atom is 0.325 e. The summed E-state index contributed by atoms with van der Waals surface area (Å²) < 4.78 is 0. The quantitative estimate of drug-likeness (QED) is 0.0176. The van der Waals surface area contributed by atoms with E-state index in [4.69, 9.17) is 51.6 Å². The maximum atomic E-state index is 15.0. The van der Waals surface area contributed by atoms with Crippen LogP contribution in [0.15, 0.2) is 50.4 Å². The Bertz CT molecular complexity index is 3450. The number of carboxylic acids is 1. The number of guanidine groups is 4. The number of nitrogens with zero attached hydrogens (tertiary/aromatic N) is 4. The standard InChI is InChI=1S/C71H125N25O13/c1-14-39(11)54(95-59(100)47(26-20-30-83-70(77)78)87-60(101)49(32-35(3)4)91-57(98)46(25-19-29-82-69(75)76)88-62(103)51(72)36(5)6)65(106)90-48(27-21-31-84-71(79)80)58(99)93-52(37(7)8)63(104)92-50(33-42-34-85-44-23-17-16-22-43(42)44)61(102)94-53(38(9)10)64(105)96-55(40(12)15-2)66(107)89-45(24-18-28-81-68(73)74)56(97)86-41(13)67(108)109/h16-17,22-23,34-41,45-55,85H,14-15,18-21,24-33,72H2,1-13H3,(H,86,97)(H,87,101)(H,88,103)(H,89,107)(H,90,106)(H,91,98)(H,92,104)(H,93,99)(H,94,102)(H,95,100)(H,96,105)(H,108,109)(H4,73,74,81)(H4,75,76,82)(H4,77,78,83)(H4,79,80,84)/t39-,40-,41-,45-,46-,47-,48-,49-,50-,51-,52-,53-,54-,55-/m0/s1. The van der Waals surface area contributed by atoms with Crippen molar-refractivity contribution in [2.45, 2.75) is 240 Å². The van der Waals surface area contributed by atoms with Crippen LogP contribution >= 0.6 is 0 Å². The molecule has 0 bridgehead atoms. The normalized spacial score (nSPS) is 15.1. The number of hydrogen-bond acceptors (Lipinski definition) is 17. The number of nitrogens with one attached hydrogen (secondary N) is 12. The van der Waals surface area contributed by atoms with E-state index in [9.17, 15) is 57.8 Å². The maximum absolute atomic E-state index is 15.0. The van der Waals surface area contributed by atoms with Crippen LogP contribution in [0, 0.1) is 35.5 Å². The van der Waals surface area contributed by atoms with Crippen LogP contribution in [0.5, 0.6) is 0 Å². The number of para-hydroxylation sites is 1. The molecule has 0 radical (unpaired) electrons. The number of aliphatic carboxylic acids is 1. The second kappa shape index (κ2) is 48.0. The van der Waals surface area contributed by atoms with Crippen molar-refractivity contribution in [1.29, 1.82) is 0 Å². The SMILES string of the molecule is CC[C@H](C)[C@H](NC(=O)[C@H](CCCN=C(N)N)NC(=O)[C@H](CC(C)C)NC(=O)[C@H](CCCN=C(N)N)NC(=O)[C@@H](N)C(C)C)C(=O)N[C@@H](CCCN=C(N)N)C(=O)N[C@H](C(=O)N[C@@H](Cc1c[nH]c2ccccc12)C(=O)N[C@H](C(=O)N[C@H](C(=O)N[C@@H](CCCN=C(N)N)C(=O)N[C@@H](C)C(=O)O)[C@@H](C)CC)C(C)C)C(C)C. The van der Waals surface area contributed by atoms with Gasteiger partial charge >= 0.3 is 5.97 Å². The molecule has 109 heavy (non-hydrogen) atoms. The summed E-state index contributed by atoms with van der Waals surface area (Å²) in [6, 6.07) is -8.67. The summed E-state index contributed by atoms with van der Waals surface area (Å²) >= 11 is 0. The van der Waals surface area contributed by atoms with Gasteiger partial charge in [0.05, 0.1) is 6.04 Å². The molecule has 38 nitrogen and oxygen atoms in total. The number of benzene rings is 1. The summed E-state index contributed by atoms with van der Waals surface area (Å²) in [5, 5.41) is 40.1. The molecule has 0 aliphatic heterocycles. The highest BCUT2D eigenvalue weighted by molar-refractivity contribution is 6.00. The van der Waals surface area contributed by atoms with E-state index in [1.807, 2.05) is 19.9 Å². The van der Waals surface area contributed by atoms with Crippen LogP contribution < -0.4 is 110 Å².